The Morgan fingerprint density at radius 1 is 1.24 bits per heavy atom. The van der Waals surface area contributed by atoms with Gasteiger partial charge in [-0.3, -0.25) is 4.79 Å². The lowest BCUT2D eigenvalue weighted by atomic mass is 9.93. The number of primary amides is 1. The van der Waals surface area contributed by atoms with Crippen LogP contribution in [0.25, 0.3) is 11.3 Å². The van der Waals surface area contributed by atoms with E-state index in [1.54, 1.807) is 15.7 Å². The van der Waals surface area contributed by atoms with Crippen molar-refractivity contribution in [3.05, 3.63) is 53.5 Å². The van der Waals surface area contributed by atoms with Crippen LogP contribution in [0.3, 0.4) is 0 Å². The molecule has 1 aliphatic rings. The number of anilines is 2. The summed E-state index contributed by atoms with van der Waals surface area (Å²) < 4.78 is 71.1. The fourth-order valence-electron chi connectivity index (χ4n) is 4.51. The second-order valence-electron chi connectivity index (χ2n) is 9.35. The molecule has 1 saturated heterocycles. The summed E-state index contributed by atoms with van der Waals surface area (Å²) in [5.41, 5.74) is 9.96. The van der Waals surface area contributed by atoms with Gasteiger partial charge in [-0.1, -0.05) is 0 Å². The van der Waals surface area contributed by atoms with E-state index in [1.807, 2.05) is 19.0 Å². The Labute approximate surface area is 215 Å². The third-order valence-electron chi connectivity index (χ3n) is 6.44. The molecule has 3 aromatic rings. The summed E-state index contributed by atoms with van der Waals surface area (Å²) in [7, 11) is 3.71. The highest BCUT2D eigenvalue weighted by atomic mass is 19.4. The van der Waals surface area contributed by atoms with Gasteiger partial charge in [-0.05, 0) is 38.7 Å². The van der Waals surface area contributed by atoms with Crippen LogP contribution in [0.4, 0.5) is 33.6 Å². The van der Waals surface area contributed by atoms with E-state index in [1.165, 1.54) is 6.07 Å². The monoisotopic (exact) mass is 538 g/mol. The second kappa shape index (κ2) is 10.5. The van der Waals surface area contributed by atoms with Crippen LogP contribution in [0.1, 0.15) is 34.1 Å². The number of imidazole rings is 1. The van der Waals surface area contributed by atoms with Crippen molar-refractivity contribution in [2.45, 2.75) is 31.2 Å². The molecule has 0 saturated carbocycles. The van der Waals surface area contributed by atoms with E-state index in [4.69, 9.17) is 11.5 Å². The van der Waals surface area contributed by atoms with Crippen LogP contribution in [-0.2, 0) is 12.7 Å². The number of nitrogens with zero attached hydrogens (tertiary/aromatic N) is 6. The molecule has 1 aliphatic heterocycles. The average Bonchev–Trinajstić information content (AvgIpc) is 3.25. The van der Waals surface area contributed by atoms with Crippen LogP contribution >= 0.6 is 0 Å². The van der Waals surface area contributed by atoms with Crippen molar-refractivity contribution in [3.63, 3.8) is 0 Å². The summed E-state index contributed by atoms with van der Waals surface area (Å²) in [5, 5.41) is 0. The number of piperidine rings is 1. The lowest BCUT2D eigenvalue weighted by Gasteiger charge is -2.36. The molecule has 2 aromatic heterocycles. The van der Waals surface area contributed by atoms with Gasteiger partial charge < -0.3 is 25.8 Å². The zero-order valence-corrected chi connectivity index (χ0v) is 20.7. The minimum absolute atomic E-state index is 0.0685. The van der Waals surface area contributed by atoms with Crippen molar-refractivity contribution in [3.8, 4) is 11.3 Å². The predicted molar refractivity (Wildman–Crippen MR) is 131 cm³/mol. The SMILES string of the molecule is CN(C)CCn1cc(-c2ccc(F)c(C(F)(F)F)c2)nc1C1CCN(c2ncnc(N)c2C(N)=O)CC1F. The highest BCUT2D eigenvalue weighted by molar-refractivity contribution is 6.01. The van der Waals surface area contributed by atoms with Gasteiger partial charge in [0, 0.05) is 31.4 Å². The van der Waals surface area contributed by atoms with Gasteiger partial charge in [0.1, 0.15) is 41.3 Å². The molecular weight excluding hydrogens is 511 g/mol. The van der Waals surface area contributed by atoms with Crippen molar-refractivity contribution < 1.29 is 26.7 Å². The summed E-state index contributed by atoms with van der Waals surface area (Å²) >= 11 is 0. The first-order valence-corrected chi connectivity index (χ1v) is 11.7. The molecule has 1 aromatic carbocycles. The molecule has 0 aliphatic carbocycles. The van der Waals surface area contributed by atoms with E-state index in [2.05, 4.69) is 15.0 Å². The average molecular weight is 539 g/mol. The zero-order chi connectivity index (χ0) is 27.8. The minimum atomic E-state index is -4.87. The molecule has 4 N–H and O–H groups in total. The normalized spacial score (nSPS) is 18.3. The molecule has 14 heteroatoms. The van der Waals surface area contributed by atoms with Crippen molar-refractivity contribution >= 4 is 17.5 Å². The molecule has 38 heavy (non-hydrogen) atoms. The summed E-state index contributed by atoms with van der Waals surface area (Å²) in [6.07, 6.45) is -3.36. The Balaban J connectivity index is 1.66. The number of hydrogen-bond acceptors (Lipinski definition) is 7. The lowest BCUT2D eigenvalue weighted by Crippen LogP contribution is -2.43. The van der Waals surface area contributed by atoms with E-state index in [-0.39, 0.29) is 48.0 Å². The van der Waals surface area contributed by atoms with E-state index in [0.717, 1.165) is 12.4 Å². The van der Waals surface area contributed by atoms with Crippen LogP contribution < -0.4 is 16.4 Å². The maximum absolute atomic E-state index is 15.7. The van der Waals surface area contributed by atoms with Gasteiger partial charge >= 0.3 is 6.18 Å². The van der Waals surface area contributed by atoms with E-state index in [0.29, 0.717) is 25.0 Å². The number of halogens is 5. The van der Waals surface area contributed by atoms with E-state index < -0.39 is 35.6 Å². The molecule has 2 unspecified atom stereocenters. The Bertz CT molecular complexity index is 1330. The number of amides is 1. The second-order valence-corrected chi connectivity index (χ2v) is 9.35. The van der Waals surface area contributed by atoms with Gasteiger partial charge in [-0.15, -0.1) is 0 Å². The van der Waals surface area contributed by atoms with Gasteiger partial charge in [0.2, 0.25) is 0 Å². The van der Waals surface area contributed by atoms with Gasteiger partial charge in [-0.2, -0.15) is 13.2 Å². The van der Waals surface area contributed by atoms with Gasteiger partial charge in [0.15, 0.2) is 0 Å². The standard InChI is InChI=1S/C24H27F5N8O/c1-35(2)7-8-37-11-18(13-3-4-16(25)15(9-13)24(27,28)29)34-22(37)14-5-6-36(10-17(14)26)23-19(21(31)38)20(30)32-12-33-23/h3-4,9,11-12,14,17H,5-8,10H2,1-2H3,(H2,31,38)(H2,30,32,33). The zero-order valence-electron chi connectivity index (χ0n) is 20.7. The molecule has 4 rings (SSSR count). The molecule has 2 atom stereocenters. The van der Waals surface area contributed by atoms with Crippen molar-refractivity contribution in [1.29, 1.82) is 0 Å². The Morgan fingerprint density at radius 3 is 2.61 bits per heavy atom. The fourth-order valence-corrected chi connectivity index (χ4v) is 4.51. The first kappa shape index (κ1) is 27.2. The lowest BCUT2D eigenvalue weighted by molar-refractivity contribution is -0.139. The number of rotatable bonds is 7. The van der Waals surface area contributed by atoms with Crippen LogP contribution in [0.15, 0.2) is 30.7 Å². The van der Waals surface area contributed by atoms with Crippen molar-refractivity contribution in [2.75, 3.05) is 44.4 Å². The molecule has 1 fully saturated rings. The Hall–Kier alpha value is -3.81. The van der Waals surface area contributed by atoms with Crippen molar-refractivity contribution in [2.24, 2.45) is 5.73 Å². The maximum atomic E-state index is 15.7. The largest absolute Gasteiger partial charge is 0.419 e. The molecule has 1 amide bonds. The van der Waals surface area contributed by atoms with Gasteiger partial charge in [-0.25, -0.2) is 23.7 Å². The summed E-state index contributed by atoms with van der Waals surface area (Å²) in [5.74, 6) is -2.53. The molecule has 0 radical (unpaired) electrons. The number of aromatic nitrogens is 4. The maximum Gasteiger partial charge on any atom is 0.419 e. The van der Waals surface area contributed by atoms with Gasteiger partial charge in [0.25, 0.3) is 5.91 Å². The fraction of sp³-hybridized carbons (Fsp3) is 0.417. The number of carbonyl (C=O) groups is 1. The smallest absolute Gasteiger partial charge is 0.383 e. The van der Waals surface area contributed by atoms with E-state index in [9.17, 15) is 22.4 Å². The van der Waals surface area contributed by atoms with E-state index >= 15 is 4.39 Å². The number of carbonyl (C=O) groups excluding carboxylic acids is 1. The van der Waals surface area contributed by atoms with Crippen molar-refractivity contribution in [1.82, 2.24) is 24.4 Å². The summed E-state index contributed by atoms with van der Waals surface area (Å²) in [6.45, 7) is 1.11. The summed E-state index contributed by atoms with van der Waals surface area (Å²) in [6, 6.07) is 2.67. The van der Waals surface area contributed by atoms with Gasteiger partial charge in [0.05, 0.1) is 23.7 Å². The number of nitrogen functional groups attached to an aromatic ring is 1. The van der Waals surface area contributed by atoms with Crippen LogP contribution in [-0.4, -0.2) is 70.2 Å². The molecule has 204 valence electrons. The highest BCUT2D eigenvalue weighted by Crippen LogP contribution is 2.37. The third kappa shape index (κ3) is 5.54. The summed E-state index contributed by atoms with van der Waals surface area (Å²) in [4.78, 5) is 27.7. The Kier molecular flexibility index (Phi) is 7.54. The quantitative estimate of drug-likeness (QED) is 0.444. The molecular formula is C24H27F5N8O. The molecule has 3 heterocycles. The third-order valence-corrected chi connectivity index (χ3v) is 6.44. The first-order chi connectivity index (χ1) is 17.9. The number of alkyl halides is 4. The van der Waals surface area contributed by atoms with Crippen LogP contribution in [0.2, 0.25) is 0 Å². The Morgan fingerprint density at radius 2 is 1.97 bits per heavy atom. The topological polar surface area (TPSA) is 119 Å². The first-order valence-electron chi connectivity index (χ1n) is 11.7. The van der Waals surface area contributed by atoms with Crippen LogP contribution in [0, 0.1) is 5.82 Å². The number of benzene rings is 1. The predicted octanol–water partition coefficient (Wildman–Crippen LogP) is 3.07. The molecule has 0 spiro atoms. The molecule has 9 nitrogen and oxygen atoms in total. The highest BCUT2D eigenvalue weighted by Gasteiger charge is 2.37. The number of likely N-dealkylation sites (N-methyl/N-ethyl adjacent to an activating group) is 1. The molecule has 0 bridgehead atoms. The minimum Gasteiger partial charge on any atom is -0.383 e. The number of nitrogens with two attached hydrogens (primary N) is 2. The van der Waals surface area contributed by atoms with Crippen LogP contribution in [0.5, 0.6) is 0 Å². The number of hydrogen-bond donors (Lipinski definition) is 2.